The molecule has 5 rings (SSSR count). The maximum absolute atomic E-state index is 13.0. The first-order valence-electron chi connectivity index (χ1n) is 10.9. The topological polar surface area (TPSA) is 142 Å². The Labute approximate surface area is 190 Å². The highest BCUT2D eigenvalue weighted by Crippen LogP contribution is 2.52. The van der Waals surface area contributed by atoms with Crippen LogP contribution in [0.3, 0.4) is 0 Å². The third-order valence-electron chi connectivity index (χ3n) is 7.09. The predicted molar refractivity (Wildman–Crippen MR) is 116 cm³/mol. The van der Waals surface area contributed by atoms with Crippen LogP contribution in [0, 0.1) is 5.41 Å². The van der Waals surface area contributed by atoms with Gasteiger partial charge in [0.25, 0.3) is 5.91 Å². The lowest BCUT2D eigenvalue weighted by molar-refractivity contribution is -0.138. The first-order valence-corrected chi connectivity index (χ1v) is 11.3. The number of aromatic nitrogens is 1. The van der Waals surface area contributed by atoms with Gasteiger partial charge in [-0.25, -0.2) is 9.78 Å². The number of anilines is 1. The highest BCUT2D eigenvalue weighted by Gasteiger charge is 2.53. The van der Waals surface area contributed by atoms with E-state index in [9.17, 15) is 14.4 Å². The minimum atomic E-state index is -1.03. The van der Waals surface area contributed by atoms with E-state index in [1.165, 1.54) is 6.20 Å². The fourth-order valence-electron chi connectivity index (χ4n) is 5.05. The number of carbonyl (C=O) groups excluding carboxylic acids is 2. The number of amides is 3. The monoisotopic (exact) mass is 465 g/mol. The van der Waals surface area contributed by atoms with E-state index in [1.54, 1.807) is 6.07 Å². The fraction of sp³-hybridized carbons (Fsp3) is 0.619. The molecule has 0 aromatic carbocycles. The van der Waals surface area contributed by atoms with Gasteiger partial charge in [0.05, 0.1) is 16.7 Å². The predicted octanol–water partition coefficient (Wildman–Crippen LogP) is 2.45. The number of nitrogens with one attached hydrogen (secondary N) is 4. The highest BCUT2D eigenvalue weighted by molar-refractivity contribution is 6.29. The summed E-state index contributed by atoms with van der Waals surface area (Å²) in [5, 5.41) is 15.3. The maximum Gasteiger partial charge on any atom is 0.405 e. The molecule has 1 aromatic heterocycles. The molecular weight excluding hydrogens is 438 g/mol. The summed E-state index contributed by atoms with van der Waals surface area (Å²) < 4.78 is 5.37. The Bertz CT molecular complexity index is 880. The second-order valence-electron chi connectivity index (χ2n) is 8.98. The van der Waals surface area contributed by atoms with Crippen LogP contribution in [-0.4, -0.2) is 52.8 Å². The van der Waals surface area contributed by atoms with Crippen molar-refractivity contribution in [3.05, 3.63) is 23.0 Å². The Kier molecular flexibility index (Phi) is 6.43. The van der Waals surface area contributed by atoms with Crippen molar-refractivity contribution in [1.29, 1.82) is 0 Å². The van der Waals surface area contributed by atoms with Gasteiger partial charge in [-0.05, 0) is 57.4 Å². The number of ether oxygens (including phenoxy) is 1. The molecule has 10 nitrogen and oxygen atoms in total. The molecule has 0 unspecified atom stereocenters. The van der Waals surface area contributed by atoms with Crippen LogP contribution < -0.4 is 21.5 Å². The molecule has 4 fully saturated rings. The van der Waals surface area contributed by atoms with Gasteiger partial charge in [0.1, 0.15) is 5.15 Å². The van der Waals surface area contributed by atoms with Crippen molar-refractivity contribution in [1.82, 2.24) is 21.2 Å². The molecular formula is C21H28ClN5O5. The zero-order chi connectivity index (χ0) is 22.8. The molecule has 3 amide bonds. The molecule has 1 saturated heterocycles. The average Bonchev–Trinajstić information content (AvgIpc) is 2.78. The molecule has 1 aromatic rings. The summed E-state index contributed by atoms with van der Waals surface area (Å²) in [6, 6.07) is 1.76. The van der Waals surface area contributed by atoms with Gasteiger partial charge in [-0.3, -0.25) is 20.4 Å². The second-order valence-corrected chi connectivity index (χ2v) is 9.37. The first-order chi connectivity index (χ1) is 15.3. The summed E-state index contributed by atoms with van der Waals surface area (Å²) in [5.41, 5.74) is 4.92. The summed E-state index contributed by atoms with van der Waals surface area (Å²) >= 11 is 6.03. The number of carboxylic acid groups (broad SMARTS) is 1. The number of rotatable bonds is 5. The average molecular weight is 466 g/mol. The third-order valence-corrected chi connectivity index (χ3v) is 7.29. The zero-order valence-electron chi connectivity index (χ0n) is 17.7. The maximum atomic E-state index is 13.0. The van der Waals surface area contributed by atoms with Gasteiger partial charge >= 0.3 is 6.09 Å². The summed E-state index contributed by atoms with van der Waals surface area (Å²) in [5.74, 6) is -0.725. The van der Waals surface area contributed by atoms with Crippen molar-refractivity contribution < 1.29 is 24.2 Å². The van der Waals surface area contributed by atoms with E-state index in [0.29, 0.717) is 57.4 Å². The van der Waals surface area contributed by atoms with Gasteiger partial charge in [0, 0.05) is 31.0 Å². The molecule has 5 N–H and O–H groups in total. The normalized spacial score (nSPS) is 27.4. The molecule has 4 aliphatic rings. The van der Waals surface area contributed by atoms with Crippen molar-refractivity contribution in [2.75, 3.05) is 18.5 Å². The van der Waals surface area contributed by atoms with E-state index in [2.05, 4.69) is 26.5 Å². The van der Waals surface area contributed by atoms with Crippen LogP contribution in [0.1, 0.15) is 61.7 Å². The van der Waals surface area contributed by atoms with E-state index < -0.39 is 23.0 Å². The van der Waals surface area contributed by atoms with E-state index in [0.717, 1.165) is 12.8 Å². The lowest BCUT2D eigenvalue weighted by Crippen LogP contribution is -2.60. The quantitative estimate of drug-likeness (QED) is 0.332. The Morgan fingerprint density at radius 3 is 2.34 bits per heavy atom. The summed E-state index contributed by atoms with van der Waals surface area (Å²) in [6.45, 7) is 1.30. The van der Waals surface area contributed by atoms with Crippen LogP contribution in [0.15, 0.2) is 12.3 Å². The largest absolute Gasteiger partial charge is 0.465 e. The van der Waals surface area contributed by atoms with Crippen molar-refractivity contribution in [2.45, 2.75) is 62.9 Å². The molecule has 0 spiro atoms. The van der Waals surface area contributed by atoms with Gasteiger partial charge in [-0.15, -0.1) is 0 Å². The zero-order valence-corrected chi connectivity index (χ0v) is 18.5. The number of hydrogen-bond acceptors (Lipinski definition) is 6. The molecule has 0 radical (unpaired) electrons. The lowest BCUT2D eigenvalue weighted by Gasteiger charge is -2.52. The Morgan fingerprint density at radius 2 is 1.72 bits per heavy atom. The van der Waals surface area contributed by atoms with E-state index in [-0.39, 0.29) is 22.7 Å². The number of halogens is 1. The molecule has 32 heavy (non-hydrogen) atoms. The number of nitrogens with zero attached hydrogens (tertiary/aromatic N) is 1. The third kappa shape index (κ3) is 4.75. The Balaban J connectivity index is 1.37. The molecule has 2 bridgehead atoms. The molecule has 11 heteroatoms. The minimum absolute atomic E-state index is 0.159. The van der Waals surface area contributed by atoms with Crippen LogP contribution in [0.25, 0.3) is 0 Å². The van der Waals surface area contributed by atoms with Crippen LogP contribution in [0.5, 0.6) is 0 Å². The van der Waals surface area contributed by atoms with Gasteiger partial charge < -0.3 is 20.5 Å². The van der Waals surface area contributed by atoms with Crippen LogP contribution in [-0.2, 0) is 9.53 Å². The number of carbonyl (C=O) groups is 3. The Hall–Kier alpha value is -2.59. The number of fused-ring (bicyclic) bond motifs is 3. The van der Waals surface area contributed by atoms with Crippen LogP contribution in [0.2, 0.25) is 5.15 Å². The van der Waals surface area contributed by atoms with Crippen molar-refractivity contribution in [3.63, 3.8) is 0 Å². The number of pyridine rings is 1. The van der Waals surface area contributed by atoms with Crippen molar-refractivity contribution >= 4 is 35.2 Å². The second kappa shape index (κ2) is 9.11. The molecule has 3 saturated carbocycles. The lowest BCUT2D eigenvalue weighted by atomic mass is 9.57. The van der Waals surface area contributed by atoms with Crippen LogP contribution in [0.4, 0.5) is 10.5 Å². The number of hydrazine groups is 1. The molecule has 3 aliphatic carbocycles. The van der Waals surface area contributed by atoms with E-state index >= 15 is 0 Å². The van der Waals surface area contributed by atoms with Crippen LogP contribution >= 0.6 is 11.6 Å². The van der Waals surface area contributed by atoms with Gasteiger partial charge in [0.15, 0.2) is 0 Å². The molecule has 174 valence electrons. The van der Waals surface area contributed by atoms with Gasteiger partial charge in [-0.2, -0.15) is 0 Å². The summed E-state index contributed by atoms with van der Waals surface area (Å²) in [4.78, 5) is 40.9. The standard InChI is InChI=1S/C21H28ClN5O5/c22-16-11-15(24-13-1-9-32-10-2-13)14(12-23-16)17(28)26-27-18(29)20-3-6-21(7-4-20,8-5-20)25-19(30)31/h11-13,25H,1-10H2,(H,23,24)(H,26,28)(H,27,29)(H,30,31). The number of hydrogen-bond donors (Lipinski definition) is 5. The first kappa shape index (κ1) is 22.6. The molecule has 0 atom stereocenters. The fourth-order valence-corrected chi connectivity index (χ4v) is 5.20. The highest BCUT2D eigenvalue weighted by atomic mass is 35.5. The van der Waals surface area contributed by atoms with Gasteiger partial charge in [-0.1, -0.05) is 11.6 Å². The van der Waals surface area contributed by atoms with Crippen molar-refractivity contribution in [2.24, 2.45) is 5.41 Å². The smallest absolute Gasteiger partial charge is 0.405 e. The molecule has 2 heterocycles. The summed E-state index contributed by atoms with van der Waals surface area (Å²) in [6.07, 6.45) is 5.56. The minimum Gasteiger partial charge on any atom is -0.465 e. The molecule has 1 aliphatic heterocycles. The van der Waals surface area contributed by atoms with E-state index in [1.807, 2.05) is 0 Å². The van der Waals surface area contributed by atoms with Gasteiger partial charge in [0.2, 0.25) is 5.91 Å². The van der Waals surface area contributed by atoms with E-state index in [4.69, 9.17) is 21.4 Å². The van der Waals surface area contributed by atoms with Crippen molar-refractivity contribution in [3.8, 4) is 0 Å². The SMILES string of the molecule is O=C(O)NC12CCC(C(=O)NNC(=O)c3cnc(Cl)cc3NC3CCOCC3)(CC1)CC2. The Morgan fingerprint density at radius 1 is 1.06 bits per heavy atom. The summed E-state index contributed by atoms with van der Waals surface area (Å²) in [7, 11) is 0.